The van der Waals surface area contributed by atoms with E-state index in [0.29, 0.717) is 11.3 Å². The van der Waals surface area contributed by atoms with Crippen molar-refractivity contribution in [3.8, 4) is 0 Å². The minimum atomic E-state index is -0.311. The lowest BCUT2D eigenvalue weighted by Crippen LogP contribution is -2.34. The Balaban J connectivity index is 1.82. The van der Waals surface area contributed by atoms with Crippen molar-refractivity contribution in [2.45, 2.75) is 39.2 Å². The molecular weight excluding hydrogens is 328 g/mol. The van der Waals surface area contributed by atoms with Gasteiger partial charge in [0.1, 0.15) is 0 Å². The van der Waals surface area contributed by atoms with Crippen molar-refractivity contribution in [3.05, 3.63) is 65.7 Å². The maximum absolute atomic E-state index is 12.8. The zero-order valence-electron chi connectivity index (χ0n) is 15.2. The molecular formula is C21H22N2O3. The van der Waals surface area contributed by atoms with Crippen LogP contribution in [0.2, 0.25) is 0 Å². The van der Waals surface area contributed by atoms with E-state index in [1.807, 2.05) is 51.1 Å². The fourth-order valence-corrected chi connectivity index (χ4v) is 2.85. The molecule has 0 aliphatic carbocycles. The van der Waals surface area contributed by atoms with E-state index >= 15 is 0 Å². The fourth-order valence-electron chi connectivity index (χ4n) is 2.85. The highest BCUT2D eigenvalue weighted by Gasteiger charge is 2.19. The molecule has 5 heteroatoms. The summed E-state index contributed by atoms with van der Waals surface area (Å²) in [6.45, 7) is 5.90. The summed E-state index contributed by atoms with van der Waals surface area (Å²) < 4.78 is 5.12. The predicted octanol–water partition coefficient (Wildman–Crippen LogP) is 4.34. The highest BCUT2D eigenvalue weighted by Crippen LogP contribution is 2.22. The van der Waals surface area contributed by atoms with E-state index in [0.717, 1.165) is 16.6 Å². The van der Waals surface area contributed by atoms with Gasteiger partial charge in [-0.05, 0) is 37.1 Å². The molecule has 1 N–H and O–H groups in total. The zero-order chi connectivity index (χ0) is 18.7. The lowest BCUT2D eigenvalue weighted by molar-refractivity contribution is 0.0908. The molecule has 0 aliphatic heterocycles. The Morgan fingerprint density at radius 2 is 1.88 bits per heavy atom. The predicted molar refractivity (Wildman–Crippen MR) is 100 cm³/mol. The largest absolute Gasteiger partial charge is 0.461 e. The SMILES string of the molecule is CC(C)c1cc(C(=O)N[C@H](C)CC(=O)c2ccco2)c2ccccc2n1. The van der Waals surface area contributed by atoms with Gasteiger partial charge < -0.3 is 9.73 Å². The molecule has 1 amide bonds. The summed E-state index contributed by atoms with van der Waals surface area (Å²) in [5, 5.41) is 3.72. The maximum atomic E-state index is 12.8. The molecule has 2 aromatic heterocycles. The first-order valence-corrected chi connectivity index (χ1v) is 8.73. The number of Topliss-reactive ketones (excluding diaryl/α,β-unsaturated/α-hetero) is 1. The molecule has 0 saturated carbocycles. The molecule has 0 saturated heterocycles. The van der Waals surface area contributed by atoms with Crippen LogP contribution < -0.4 is 5.32 Å². The molecule has 3 aromatic rings. The second kappa shape index (κ2) is 7.52. The first-order chi connectivity index (χ1) is 12.5. The Bertz CT molecular complexity index is 930. The van der Waals surface area contributed by atoms with Gasteiger partial charge in [-0.25, -0.2) is 0 Å². The molecule has 3 rings (SSSR count). The van der Waals surface area contributed by atoms with Crippen LogP contribution in [0.15, 0.2) is 53.1 Å². The van der Waals surface area contributed by atoms with E-state index in [2.05, 4.69) is 10.3 Å². The first kappa shape index (κ1) is 17.9. The number of carbonyl (C=O) groups is 2. The second-order valence-corrected chi connectivity index (χ2v) is 6.75. The molecule has 2 heterocycles. The highest BCUT2D eigenvalue weighted by molar-refractivity contribution is 6.06. The highest BCUT2D eigenvalue weighted by atomic mass is 16.3. The normalized spacial score (nSPS) is 12.3. The van der Waals surface area contributed by atoms with Gasteiger partial charge >= 0.3 is 0 Å². The number of hydrogen-bond donors (Lipinski definition) is 1. The third-order valence-corrected chi connectivity index (χ3v) is 4.24. The van der Waals surface area contributed by atoms with Crippen molar-refractivity contribution in [1.29, 1.82) is 0 Å². The smallest absolute Gasteiger partial charge is 0.252 e. The number of pyridine rings is 1. The van der Waals surface area contributed by atoms with E-state index < -0.39 is 0 Å². The topological polar surface area (TPSA) is 72.2 Å². The van der Waals surface area contributed by atoms with Gasteiger partial charge in [0.2, 0.25) is 0 Å². The molecule has 26 heavy (non-hydrogen) atoms. The number of nitrogens with one attached hydrogen (secondary N) is 1. The average Bonchev–Trinajstić information content (AvgIpc) is 3.15. The summed E-state index contributed by atoms with van der Waals surface area (Å²) in [7, 11) is 0. The number of nitrogens with zero attached hydrogens (tertiary/aromatic N) is 1. The van der Waals surface area contributed by atoms with Crippen LogP contribution in [0.5, 0.6) is 0 Å². The maximum Gasteiger partial charge on any atom is 0.252 e. The Hall–Kier alpha value is -2.95. The van der Waals surface area contributed by atoms with Gasteiger partial charge in [0.05, 0.1) is 17.3 Å². The third kappa shape index (κ3) is 3.82. The van der Waals surface area contributed by atoms with E-state index in [1.54, 1.807) is 12.1 Å². The minimum Gasteiger partial charge on any atom is -0.461 e. The van der Waals surface area contributed by atoms with Gasteiger partial charge in [-0.3, -0.25) is 14.6 Å². The first-order valence-electron chi connectivity index (χ1n) is 8.73. The molecule has 134 valence electrons. The number of carbonyl (C=O) groups excluding carboxylic acids is 2. The number of para-hydroxylation sites is 1. The Morgan fingerprint density at radius 1 is 1.12 bits per heavy atom. The van der Waals surface area contributed by atoms with Crippen LogP contribution in [0, 0.1) is 0 Å². The number of benzene rings is 1. The Kier molecular flexibility index (Phi) is 5.16. The summed E-state index contributed by atoms with van der Waals surface area (Å²) in [5.41, 5.74) is 2.24. The third-order valence-electron chi connectivity index (χ3n) is 4.24. The molecule has 0 spiro atoms. The van der Waals surface area contributed by atoms with Gasteiger partial charge in [0.15, 0.2) is 11.5 Å². The number of fused-ring (bicyclic) bond motifs is 1. The molecule has 0 unspecified atom stereocenters. The van der Waals surface area contributed by atoms with E-state index in [9.17, 15) is 9.59 Å². The lowest BCUT2D eigenvalue weighted by atomic mass is 10.0. The number of ketones is 1. The minimum absolute atomic E-state index is 0.134. The van der Waals surface area contributed by atoms with Crippen LogP contribution in [-0.2, 0) is 0 Å². The molecule has 0 bridgehead atoms. The van der Waals surface area contributed by atoms with Crippen LogP contribution in [0.25, 0.3) is 10.9 Å². The molecule has 0 fully saturated rings. The Morgan fingerprint density at radius 3 is 2.58 bits per heavy atom. The van der Waals surface area contributed by atoms with E-state index in [1.165, 1.54) is 6.26 Å². The molecule has 1 aromatic carbocycles. The van der Waals surface area contributed by atoms with Crippen molar-refractivity contribution in [3.63, 3.8) is 0 Å². The standard InChI is InChI=1S/C21H22N2O3/c1-13(2)18-12-16(15-7-4-5-8-17(15)23-18)21(25)22-14(3)11-19(24)20-9-6-10-26-20/h4-10,12-14H,11H2,1-3H3,(H,22,25)/t14-/m1/s1. The number of amides is 1. The van der Waals surface area contributed by atoms with Crippen LogP contribution >= 0.6 is 0 Å². The quantitative estimate of drug-likeness (QED) is 0.671. The number of aromatic nitrogens is 1. The van der Waals surface area contributed by atoms with Crippen LogP contribution in [0.4, 0.5) is 0 Å². The lowest BCUT2D eigenvalue weighted by Gasteiger charge is -2.15. The van der Waals surface area contributed by atoms with Gasteiger partial charge in [-0.2, -0.15) is 0 Å². The average molecular weight is 350 g/mol. The molecule has 0 radical (unpaired) electrons. The zero-order valence-corrected chi connectivity index (χ0v) is 15.2. The van der Waals surface area contributed by atoms with Gasteiger partial charge in [-0.15, -0.1) is 0 Å². The summed E-state index contributed by atoms with van der Waals surface area (Å²) in [5.74, 6) is 0.183. The van der Waals surface area contributed by atoms with Gasteiger partial charge in [0.25, 0.3) is 5.91 Å². The van der Waals surface area contributed by atoms with Crippen molar-refractivity contribution < 1.29 is 14.0 Å². The summed E-state index contributed by atoms with van der Waals surface area (Å²) >= 11 is 0. The molecule has 0 aliphatic rings. The van der Waals surface area contributed by atoms with E-state index in [4.69, 9.17) is 4.42 Å². The van der Waals surface area contributed by atoms with Crippen molar-refractivity contribution in [2.75, 3.05) is 0 Å². The Labute approximate surface area is 152 Å². The number of hydrogen-bond acceptors (Lipinski definition) is 4. The monoisotopic (exact) mass is 350 g/mol. The van der Waals surface area contributed by atoms with Crippen molar-refractivity contribution in [1.82, 2.24) is 10.3 Å². The van der Waals surface area contributed by atoms with Crippen LogP contribution in [0.3, 0.4) is 0 Å². The second-order valence-electron chi connectivity index (χ2n) is 6.75. The summed E-state index contributed by atoms with van der Waals surface area (Å²) in [6.07, 6.45) is 1.65. The number of rotatable bonds is 6. The van der Waals surface area contributed by atoms with E-state index in [-0.39, 0.29) is 30.1 Å². The van der Waals surface area contributed by atoms with Crippen LogP contribution in [-0.4, -0.2) is 22.7 Å². The fraction of sp³-hybridized carbons (Fsp3) is 0.286. The van der Waals surface area contributed by atoms with Gasteiger partial charge in [0, 0.05) is 23.5 Å². The van der Waals surface area contributed by atoms with Gasteiger partial charge in [-0.1, -0.05) is 32.0 Å². The molecule has 5 nitrogen and oxygen atoms in total. The summed E-state index contributed by atoms with van der Waals surface area (Å²) in [4.78, 5) is 29.6. The van der Waals surface area contributed by atoms with Crippen molar-refractivity contribution >= 4 is 22.6 Å². The van der Waals surface area contributed by atoms with Crippen molar-refractivity contribution in [2.24, 2.45) is 0 Å². The number of furan rings is 1. The van der Waals surface area contributed by atoms with Crippen LogP contribution in [0.1, 0.15) is 59.7 Å². The molecule has 1 atom stereocenters. The summed E-state index contributed by atoms with van der Waals surface area (Å²) in [6, 6.07) is 12.4.